The summed E-state index contributed by atoms with van der Waals surface area (Å²) in [6.45, 7) is 4.92. The molecular formula is C14H17N5O. The van der Waals surface area contributed by atoms with Gasteiger partial charge in [0.15, 0.2) is 5.82 Å². The van der Waals surface area contributed by atoms with Crippen molar-refractivity contribution in [3.05, 3.63) is 47.0 Å². The Balaban J connectivity index is 1.67. The van der Waals surface area contributed by atoms with Gasteiger partial charge in [-0.3, -0.25) is 4.79 Å². The zero-order valence-electron chi connectivity index (χ0n) is 11.4. The van der Waals surface area contributed by atoms with Crippen LogP contribution in [0.25, 0.3) is 0 Å². The van der Waals surface area contributed by atoms with E-state index in [1.165, 1.54) is 11.1 Å². The topological polar surface area (TPSA) is 71.8 Å². The lowest BCUT2D eigenvalue weighted by Gasteiger charge is -2.07. The van der Waals surface area contributed by atoms with Crippen molar-refractivity contribution < 1.29 is 4.79 Å². The minimum atomic E-state index is -0.0784. The van der Waals surface area contributed by atoms with Crippen molar-refractivity contribution >= 4 is 5.91 Å². The molecule has 6 nitrogen and oxygen atoms in total. The zero-order chi connectivity index (χ0) is 13.9. The third kappa shape index (κ3) is 2.42. The lowest BCUT2D eigenvalue weighted by Crippen LogP contribution is -2.24. The molecule has 0 saturated heterocycles. The molecule has 2 heterocycles. The molecule has 0 spiro atoms. The van der Waals surface area contributed by atoms with Crippen LogP contribution in [-0.2, 0) is 26.2 Å². The number of hydrogen-bond acceptors (Lipinski definition) is 4. The van der Waals surface area contributed by atoms with Gasteiger partial charge in [-0.25, -0.2) is 0 Å². The van der Waals surface area contributed by atoms with Crippen molar-refractivity contribution in [2.75, 3.05) is 0 Å². The highest BCUT2D eigenvalue weighted by molar-refractivity contribution is 5.94. The summed E-state index contributed by atoms with van der Waals surface area (Å²) in [7, 11) is 0. The first kappa shape index (κ1) is 12.8. The predicted octanol–water partition coefficient (Wildman–Crippen LogP) is 0.831. The number of aromatic nitrogens is 3. The van der Waals surface area contributed by atoms with E-state index in [-0.39, 0.29) is 5.91 Å². The first-order chi connectivity index (χ1) is 9.78. The third-order valence-electron chi connectivity index (χ3n) is 3.54. The molecular weight excluding hydrogens is 254 g/mol. The van der Waals surface area contributed by atoms with Crippen molar-refractivity contribution in [2.24, 2.45) is 0 Å². The molecule has 3 rings (SSSR count). The zero-order valence-corrected chi connectivity index (χ0v) is 11.4. The summed E-state index contributed by atoms with van der Waals surface area (Å²) in [6, 6.07) is 5.83. The summed E-state index contributed by atoms with van der Waals surface area (Å²) in [5, 5.41) is 14.0. The number of carbonyl (C=O) groups is 1. The van der Waals surface area contributed by atoms with Crippen LogP contribution in [0, 0.1) is 0 Å². The van der Waals surface area contributed by atoms with Crippen molar-refractivity contribution in [3.8, 4) is 0 Å². The van der Waals surface area contributed by atoms with Crippen LogP contribution in [0.5, 0.6) is 0 Å². The Labute approximate surface area is 117 Å². The molecule has 0 aliphatic carbocycles. The summed E-state index contributed by atoms with van der Waals surface area (Å²) < 4.78 is 1.91. The van der Waals surface area contributed by atoms with Gasteiger partial charge in [0.1, 0.15) is 6.33 Å². The smallest absolute Gasteiger partial charge is 0.251 e. The number of hydrogen-bond donors (Lipinski definition) is 2. The van der Waals surface area contributed by atoms with Crippen molar-refractivity contribution in [3.63, 3.8) is 0 Å². The molecule has 0 fully saturated rings. The Morgan fingerprint density at radius 1 is 1.40 bits per heavy atom. The van der Waals surface area contributed by atoms with Crippen molar-refractivity contribution in [1.82, 2.24) is 25.4 Å². The average Bonchev–Trinajstić information content (AvgIpc) is 3.12. The largest absolute Gasteiger partial charge is 0.345 e. The van der Waals surface area contributed by atoms with Gasteiger partial charge in [-0.15, -0.1) is 10.2 Å². The molecule has 1 amide bonds. The Morgan fingerprint density at radius 2 is 2.25 bits per heavy atom. The van der Waals surface area contributed by atoms with E-state index < -0.39 is 0 Å². The SMILES string of the molecule is CCn1cnnc1CNC(=O)c1ccc2c(c1)CNC2. The number of rotatable bonds is 4. The molecule has 1 aliphatic heterocycles. The number of nitrogens with one attached hydrogen (secondary N) is 2. The van der Waals surface area contributed by atoms with E-state index in [4.69, 9.17) is 0 Å². The first-order valence-corrected chi connectivity index (χ1v) is 6.75. The fourth-order valence-electron chi connectivity index (χ4n) is 2.38. The molecule has 1 aromatic carbocycles. The predicted molar refractivity (Wildman–Crippen MR) is 73.9 cm³/mol. The van der Waals surface area contributed by atoms with Crippen LogP contribution in [0.3, 0.4) is 0 Å². The van der Waals surface area contributed by atoms with E-state index in [0.717, 1.165) is 25.5 Å². The highest BCUT2D eigenvalue weighted by Crippen LogP contribution is 2.17. The molecule has 20 heavy (non-hydrogen) atoms. The van der Waals surface area contributed by atoms with Gasteiger partial charge in [-0.2, -0.15) is 0 Å². The number of carbonyl (C=O) groups excluding carboxylic acids is 1. The maximum atomic E-state index is 12.2. The quantitative estimate of drug-likeness (QED) is 0.864. The maximum absolute atomic E-state index is 12.2. The van der Waals surface area contributed by atoms with Crippen LogP contribution in [0.2, 0.25) is 0 Å². The molecule has 1 aromatic heterocycles. The fourth-order valence-corrected chi connectivity index (χ4v) is 2.38. The van der Waals surface area contributed by atoms with Gasteiger partial charge in [0.2, 0.25) is 0 Å². The Bertz CT molecular complexity index is 634. The van der Waals surface area contributed by atoms with E-state index in [9.17, 15) is 4.79 Å². The highest BCUT2D eigenvalue weighted by atomic mass is 16.1. The Morgan fingerprint density at radius 3 is 3.10 bits per heavy atom. The van der Waals surface area contributed by atoms with Crippen LogP contribution in [0.4, 0.5) is 0 Å². The Kier molecular flexibility index (Phi) is 3.47. The Hall–Kier alpha value is -2.21. The van der Waals surface area contributed by atoms with Gasteiger partial charge < -0.3 is 15.2 Å². The molecule has 0 bridgehead atoms. The van der Waals surface area contributed by atoms with Gasteiger partial charge in [-0.05, 0) is 30.2 Å². The van der Waals surface area contributed by atoms with Crippen LogP contribution < -0.4 is 10.6 Å². The van der Waals surface area contributed by atoms with Crippen LogP contribution >= 0.6 is 0 Å². The summed E-state index contributed by atoms with van der Waals surface area (Å²) in [5.41, 5.74) is 3.16. The second-order valence-corrected chi connectivity index (χ2v) is 4.80. The second-order valence-electron chi connectivity index (χ2n) is 4.80. The van der Waals surface area contributed by atoms with Gasteiger partial charge in [0.05, 0.1) is 6.54 Å². The number of amides is 1. The summed E-state index contributed by atoms with van der Waals surface area (Å²) in [5.74, 6) is 0.689. The number of nitrogens with zero attached hydrogens (tertiary/aromatic N) is 3. The third-order valence-corrected chi connectivity index (χ3v) is 3.54. The molecule has 104 valence electrons. The van der Waals surface area contributed by atoms with E-state index in [1.54, 1.807) is 6.33 Å². The minimum absolute atomic E-state index is 0.0784. The summed E-state index contributed by atoms with van der Waals surface area (Å²) in [4.78, 5) is 12.2. The molecule has 0 radical (unpaired) electrons. The molecule has 2 aromatic rings. The van der Waals surface area contributed by atoms with Crippen LogP contribution in [0.15, 0.2) is 24.5 Å². The van der Waals surface area contributed by atoms with Crippen LogP contribution in [0.1, 0.15) is 34.2 Å². The van der Waals surface area contributed by atoms with Crippen molar-refractivity contribution in [2.45, 2.75) is 33.1 Å². The lowest BCUT2D eigenvalue weighted by atomic mass is 10.1. The molecule has 1 aliphatic rings. The average molecular weight is 271 g/mol. The van der Waals surface area contributed by atoms with Crippen LogP contribution in [-0.4, -0.2) is 20.7 Å². The van der Waals surface area contributed by atoms with E-state index in [2.05, 4.69) is 20.8 Å². The summed E-state index contributed by atoms with van der Waals surface area (Å²) >= 11 is 0. The van der Waals surface area contributed by atoms with Gasteiger partial charge in [0.25, 0.3) is 5.91 Å². The summed E-state index contributed by atoms with van der Waals surface area (Å²) in [6.07, 6.45) is 1.67. The monoisotopic (exact) mass is 271 g/mol. The number of fused-ring (bicyclic) bond motifs is 1. The molecule has 2 N–H and O–H groups in total. The van der Waals surface area contributed by atoms with E-state index in [0.29, 0.717) is 12.1 Å². The molecule has 0 atom stereocenters. The molecule has 0 unspecified atom stereocenters. The number of benzene rings is 1. The number of aryl methyl sites for hydroxylation is 1. The van der Waals surface area contributed by atoms with Gasteiger partial charge in [-0.1, -0.05) is 6.07 Å². The maximum Gasteiger partial charge on any atom is 0.251 e. The molecule has 6 heteroatoms. The van der Waals surface area contributed by atoms with Crippen molar-refractivity contribution in [1.29, 1.82) is 0 Å². The second kappa shape index (κ2) is 5.42. The molecule has 0 saturated carbocycles. The highest BCUT2D eigenvalue weighted by Gasteiger charge is 2.13. The standard InChI is InChI=1S/C14H17N5O/c1-2-19-9-17-18-13(19)8-16-14(20)10-3-4-11-6-15-7-12(11)5-10/h3-5,9,15H,2,6-8H2,1H3,(H,16,20). The lowest BCUT2D eigenvalue weighted by molar-refractivity contribution is 0.0949. The van der Waals surface area contributed by atoms with E-state index >= 15 is 0 Å². The minimum Gasteiger partial charge on any atom is -0.345 e. The first-order valence-electron chi connectivity index (χ1n) is 6.75. The normalized spacial score (nSPS) is 13.2. The van der Waals surface area contributed by atoms with E-state index in [1.807, 2.05) is 29.7 Å². The fraction of sp³-hybridized carbons (Fsp3) is 0.357. The van der Waals surface area contributed by atoms with Gasteiger partial charge in [0, 0.05) is 25.2 Å². The van der Waals surface area contributed by atoms with Gasteiger partial charge >= 0.3 is 0 Å².